The van der Waals surface area contributed by atoms with Gasteiger partial charge in [0.2, 0.25) is 17.7 Å². The molecule has 0 spiro atoms. The maximum Gasteiger partial charge on any atom is 0.223 e. The van der Waals surface area contributed by atoms with Gasteiger partial charge in [-0.2, -0.15) is 0 Å². The average Bonchev–Trinajstić information content (AvgIpc) is 3.49. The summed E-state index contributed by atoms with van der Waals surface area (Å²) >= 11 is 0. The first kappa shape index (κ1) is 21.4. The summed E-state index contributed by atoms with van der Waals surface area (Å²) in [5, 5.41) is 9.55. The third-order valence-electron chi connectivity index (χ3n) is 6.49. The van der Waals surface area contributed by atoms with Crippen molar-refractivity contribution in [2.45, 2.75) is 57.4 Å². The smallest absolute Gasteiger partial charge is 0.223 e. The van der Waals surface area contributed by atoms with Crippen molar-refractivity contribution >= 4 is 16.8 Å². The van der Waals surface area contributed by atoms with Gasteiger partial charge >= 0.3 is 0 Å². The van der Waals surface area contributed by atoms with E-state index in [1.165, 1.54) is 6.42 Å². The van der Waals surface area contributed by atoms with Gasteiger partial charge in [-0.1, -0.05) is 24.3 Å². The van der Waals surface area contributed by atoms with Gasteiger partial charge in [0.15, 0.2) is 0 Å². The molecule has 4 heterocycles. The number of carbonyl (C=O) groups excluding carboxylic acids is 1. The van der Waals surface area contributed by atoms with Crippen LogP contribution in [0.5, 0.6) is 0 Å². The third kappa shape index (κ3) is 5.13. The van der Waals surface area contributed by atoms with E-state index in [-0.39, 0.29) is 11.9 Å². The van der Waals surface area contributed by atoms with Crippen LogP contribution in [-0.4, -0.2) is 43.6 Å². The fourth-order valence-corrected chi connectivity index (χ4v) is 4.75. The number of hydrogen-bond acceptors (Lipinski definition) is 5. The van der Waals surface area contributed by atoms with Crippen LogP contribution in [0.3, 0.4) is 0 Å². The largest absolute Gasteiger partial charge is 0.425 e. The number of fused-ring (bicyclic) bond motifs is 1. The highest BCUT2D eigenvalue weighted by atomic mass is 16.4. The van der Waals surface area contributed by atoms with E-state index in [4.69, 9.17) is 4.42 Å². The van der Waals surface area contributed by atoms with E-state index >= 15 is 0 Å². The number of pyridine rings is 1. The Balaban J connectivity index is 1.16. The molecule has 0 radical (unpaired) electrons. The van der Waals surface area contributed by atoms with Gasteiger partial charge in [-0.25, -0.2) is 0 Å². The third-order valence-corrected chi connectivity index (χ3v) is 6.49. The molecule has 1 fully saturated rings. The zero-order chi connectivity index (χ0) is 22.5. The minimum atomic E-state index is 0.178. The van der Waals surface area contributed by atoms with Crippen molar-refractivity contribution in [1.82, 2.24) is 25.1 Å². The second-order valence-electron chi connectivity index (χ2n) is 8.72. The number of piperidine rings is 1. The maximum atomic E-state index is 13.0. The van der Waals surface area contributed by atoms with Crippen molar-refractivity contribution in [3.8, 4) is 0 Å². The van der Waals surface area contributed by atoms with Crippen molar-refractivity contribution in [3.63, 3.8) is 0 Å². The second-order valence-corrected chi connectivity index (χ2v) is 8.72. The molecule has 1 amide bonds. The van der Waals surface area contributed by atoms with Crippen LogP contribution in [0.15, 0.2) is 59.3 Å². The first-order valence-electron chi connectivity index (χ1n) is 11.8. The number of nitrogens with one attached hydrogen (secondary N) is 1. The molecule has 0 unspecified atom stereocenters. The number of benzene rings is 1. The quantitative estimate of drug-likeness (QED) is 0.434. The molecule has 1 aliphatic heterocycles. The molecule has 1 aromatic carbocycles. The Morgan fingerprint density at radius 3 is 2.85 bits per heavy atom. The van der Waals surface area contributed by atoms with Gasteiger partial charge < -0.3 is 14.3 Å². The number of H-pyrrole nitrogens is 1. The van der Waals surface area contributed by atoms with E-state index in [0.29, 0.717) is 31.0 Å². The summed E-state index contributed by atoms with van der Waals surface area (Å²) in [7, 11) is 0. The lowest BCUT2D eigenvalue weighted by atomic mass is 9.96. The zero-order valence-electron chi connectivity index (χ0n) is 18.7. The van der Waals surface area contributed by atoms with Gasteiger partial charge in [0, 0.05) is 54.4 Å². The molecule has 3 aromatic heterocycles. The molecule has 7 heteroatoms. The first-order valence-corrected chi connectivity index (χ1v) is 11.8. The fraction of sp³-hybridized carbons (Fsp3) is 0.385. The average molecular weight is 444 g/mol. The Morgan fingerprint density at radius 2 is 1.94 bits per heavy atom. The van der Waals surface area contributed by atoms with E-state index < -0.39 is 0 Å². The number of aromatic amines is 1. The number of rotatable bonds is 8. The van der Waals surface area contributed by atoms with Gasteiger partial charge in [-0.3, -0.25) is 9.78 Å². The second kappa shape index (κ2) is 9.98. The number of likely N-dealkylation sites (tertiary alicyclic amines) is 1. The Hall–Kier alpha value is -3.48. The first-order chi connectivity index (χ1) is 16.3. The molecule has 1 aliphatic rings. The normalized spacial score (nSPS) is 16.4. The van der Waals surface area contributed by atoms with Crippen LogP contribution in [0.25, 0.3) is 10.9 Å². The lowest BCUT2D eigenvalue weighted by molar-refractivity contribution is -0.135. The number of hydrogen-bond donors (Lipinski definition) is 1. The Labute approximate surface area is 193 Å². The summed E-state index contributed by atoms with van der Waals surface area (Å²) in [4.78, 5) is 22.8. The van der Waals surface area contributed by atoms with Crippen LogP contribution in [0.2, 0.25) is 0 Å². The van der Waals surface area contributed by atoms with Gasteiger partial charge in [-0.15, -0.1) is 10.2 Å². The predicted octanol–water partition coefficient (Wildman–Crippen LogP) is 4.48. The van der Waals surface area contributed by atoms with Crippen LogP contribution in [0.4, 0.5) is 0 Å². The van der Waals surface area contributed by atoms with E-state index in [1.54, 1.807) is 0 Å². The number of nitrogens with zero attached hydrogens (tertiary/aromatic N) is 4. The SMILES string of the molecule is O=C(CCc1nnc(Cc2c[nH]c3ccccc23)o1)N1CCCC[C@@H]1CCc1ccccn1. The monoisotopic (exact) mass is 443 g/mol. The molecule has 170 valence electrons. The summed E-state index contributed by atoms with van der Waals surface area (Å²) in [5.74, 6) is 1.28. The van der Waals surface area contributed by atoms with Gasteiger partial charge in [0.1, 0.15) is 0 Å². The molecule has 5 rings (SSSR count). The lowest BCUT2D eigenvalue weighted by Gasteiger charge is -2.36. The number of para-hydroxylation sites is 1. The summed E-state index contributed by atoms with van der Waals surface area (Å²) < 4.78 is 5.86. The van der Waals surface area contributed by atoms with Crippen LogP contribution in [0.1, 0.15) is 55.1 Å². The minimum absolute atomic E-state index is 0.178. The van der Waals surface area contributed by atoms with Gasteiger partial charge in [-0.05, 0) is 55.9 Å². The molecule has 4 aromatic rings. The van der Waals surface area contributed by atoms with E-state index in [1.807, 2.05) is 42.7 Å². The number of carbonyl (C=O) groups is 1. The Bertz CT molecular complexity index is 1200. The van der Waals surface area contributed by atoms with Gasteiger partial charge in [0.25, 0.3) is 0 Å². The van der Waals surface area contributed by atoms with E-state index in [2.05, 4.69) is 37.2 Å². The molecule has 0 aliphatic carbocycles. The van der Waals surface area contributed by atoms with E-state index in [9.17, 15) is 4.79 Å². The topological polar surface area (TPSA) is 87.9 Å². The molecule has 1 saturated heterocycles. The van der Waals surface area contributed by atoms with Crippen LogP contribution >= 0.6 is 0 Å². The van der Waals surface area contributed by atoms with Crippen molar-refractivity contribution < 1.29 is 9.21 Å². The highest BCUT2D eigenvalue weighted by Gasteiger charge is 2.26. The van der Waals surface area contributed by atoms with Crippen molar-refractivity contribution in [1.29, 1.82) is 0 Å². The maximum absolute atomic E-state index is 13.0. The molecule has 1 N–H and O–H groups in total. The summed E-state index contributed by atoms with van der Waals surface area (Å²) in [5.41, 5.74) is 3.31. The van der Waals surface area contributed by atoms with Crippen LogP contribution in [-0.2, 0) is 24.1 Å². The number of aromatic nitrogens is 4. The standard InChI is InChI=1S/C26H29N5O2/c32-26(31-16-6-4-8-21(31)12-11-20-7-3-5-15-27-20)14-13-24-29-30-25(33-24)17-19-18-28-23-10-2-1-9-22(19)23/h1-3,5,7,9-10,15,18,21,28H,4,6,8,11-14,16-17H2/t21-/m1/s1. The Kier molecular flexibility index (Phi) is 6.46. The molecule has 0 saturated carbocycles. The highest BCUT2D eigenvalue weighted by Crippen LogP contribution is 2.23. The Morgan fingerprint density at radius 1 is 1.06 bits per heavy atom. The predicted molar refractivity (Wildman–Crippen MR) is 126 cm³/mol. The molecular weight excluding hydrogens is 414 g/mol. The van der Waals surface area contributed by atoms with Crippen LogP contribution < -0.4 is 0 Å². The van der Waals surface area contributed by atoms with Gasteiger partial charge in [0.05, 0.1) is 6.42 Å². The minimum Gasteiger partial charge on any atom is -0.425 e. The van der Waals surface area contributed by atoms with Crippen molar-refractivity contribution in [3.05, 3.63) is 77.9 Å². The molecule has 0 bridgehead atoms. The fourth-order valence-electron chi connectivity index (χ4n) is 4.75. The van der Waals surface area contributed by atoms with Crippen molar-refractivity contribution in [2.24, 2.45) is 0 Å². The number of amides is 1. The molecule has 1 atom stereocenters. The summed E-state index contributed by atoms with van der Waals surface area (Å²) in [6.07, 6.45) is 10.4. The molecular formula is C26H29N5O2. The van der Waals surface area contributed by atoms with Crippen LogP contribution in [0, 0.1) is 0 Å². The van der Waals surface area contributed by atoms with E-state index in [0.717, 1.165) is 54.4 Å². The molecule has 33 heavy (non-hydrogen) atoms. The molecule has 7 nitrogen and oxygen atoms in total. The highest BCUT2D eigenvalue weighted by molar-refractivity contribution is 5.83. The van der Waals surface area contributed by atoms with Crippen molar-refractivity contribution in [2.75, 3.05) is 6.54 Å². The lowest BCUT2D eigenvalue weighted by Crippen LogP contribution is -2.44. The zero-order valence-corrected chi connectivity index (χ0v) is 18.7. The summed E-state index contributed by atoms with van der Waals surface area (Å²) in [6.45, 7) is 0.835. The summed E-state index contributed by atoms with van der Waals surface area (Å²) in [6, 6.07) is 14.5. The number of aryl methyl sites for hydroxylation is 2.